The Bertz CT molecular complexity index is 262. The highest BCUT2D eigenvalue weighted by Gasteiger charge is 1.97. The SMILES string of the molecule is N#Cn1nccc1NCCO. The standard InChI is InChI=1S/C6H8N4O/c7-5-10-6(1-2-9-10)8-3-4-11/h1-2,8,11H,3-4H2. The second-order valence-electron chi connectivity index (χ2n) is 1.88. The fourth-order valence-electron chi connectivity index (χ4n) is 0.701. The molecule has 11 heavy (non-hydrogen) atoms. The Morgan fingerprint density at radius 1 is 1.82 bits per heavy atom. The number of nitrogens with one attached hydrogen (secondary N) is 1. The number of aliphatic hydroxyl groups is 1. The number of nitrogens with zero attached hydrogens (tertiary/aromatic N) is 3. The van der Waals surface area contributed by atoms with Crippen molar-refractivity contribution in [3.8, 4) is 6.19 Å². The molecular weight excluding hydrogens is 144 g/mol. The monoisotopic (exact) mass is 152 g/mol. The Labute approximate surface area is 63.9 Å². The summed E-state index contributed by atoms with van der Waals surface area (Å²) in [6.07, 6.45) is 3.36. The minimum Gasteiger partial charge on any atom is -0.395 e. The summed E-state index contributed by atoms with van der Waals surface area (Å²) in [7, 11) is 0. The first-order valence-corrected chi connectivity index (χ1v) is 3.17. The Hall–Kier alpha value is -1.54. The van der Waals surface area contributed by atoms with Crippen LogP contribution >= 0.6 is 0 Å². The summed E-state index contributed by atoms with van der Waals surface area (Å²) >= 11 is 0. The molecule has 0 aliphatic rings. The van der Waals surface area contributed by atoms with E-state index in [0.717, 1.165) is 4.68 Å². The molecule has 58 valence electrons. The van der Waals surface area contributed by atoms with Crippen LogP contribution in [0.5, 0.6) is 0 Å². The Kier molecular flexibility index (Phi) is 2.47. The van der Waals surface area contributed by atoms with Gasteiger partial charge in [-0.05, 0) is 0 Å². The number of nitriles is 1. The molecule has 1 aromatic heterocycles. The van der Waals surface area contributed by atoms with Gasteiger partial charge < -0.3 is 10.4 Å². The van der Waals surface area contributed by atoms with Crippen molar-refractivity contribution in [3.63, 3.8) is 0 Å². The van der Waals surface area contributed by atoms with E-state index >= 15 is 0 Å². The number of hydrogen-bond donors (Lipinski definition) is 2. The molecule has 0 fully saturated rings. The molecule has 5 heteroatoms. The predicted molar refractivity (Wildman–Crippen MR) is 38.8 cm³/mol. The molecule has 0 bridgehead atoms. The molecule has 0 saturated heterocycles. The maximum atomic E-state index is 8.45. The quantitative estimate of drug-likeness (QED) is 0.619. The van der Waals surface area contributed by atoms with Crippen LogP contribution in [0.2, 0.25) is 0 Å². The van der Waals surface area contributed by atoms with Gasteiger partial charge in [-0.3, -0.25) is 0 Å². The minimum atomic E-state index is 0.0383. The number of aromatic nitrogens is 2. The molecule has 0 amide bonds. The van der Waals surface area contributed by atoms with Gasteiger partial charge >= 0.3 is 0 Å². The molecule has 0 unspecified atom stereocenters. The van der Waals surface area contributed by atoms with E-state index in [9.17, 15) is 0 Å². The van der Waals surface area contributed by atoms with Gasteiger partial charge in [-0.25, -0.2) is 0 Å². The number of aliphatic hydroxyl groups excluding tert-OH is 1. The van der Waals surface area contributed by atoms with E-state index < -0.39 is 0 Å². The van der Waals surface area contributed by atoms with Crippen molar-refractivity contribution in [2.45, 2.75) is 0 Å². The summed E-state index contributed by atoms with van der Waals surface area (Å²) < 4.78 is 1.15. The summed E-state index contributed by atoms with van der Waals surface area (Å²) in [5.74, 6) is 0.599. The lowest BCUT2D eigenvalue weighted by Gasteiger charge is -2.00. The van der Waals surface area contributed by atoms with E-state index in [1.807, 2.05) is 6.19 Å². The van der Waals surface area contributed by atoms with Crippen molar-refractivity contribution < 1.29 is 5.11 Å². The maximum Gasteiger partial charge on any atom is 0.208 e. The lowest BCUT2D eigenvalue weighted by atomic mass is 10.6. The fourth-order valence-corrected chi connectivity index (χ4v) is 0.701. The predicted octanol–water partition coefficient (Wildman–Crippen LogP) is -0.384. The van der Waals surface area contributed by atoms with E-state index in [-0.39, 0.29) is 6.61 Å². The van der Waals surface area contributed by atoms with Crippen LogP contribution in [0.1, 0.15) is 0 Å². The summed E-state index contributed by atoms with van der Waals surface area (Å²) in [5.41, 5.74) is 0. The number of anilines is 1. The zero-order chi connectivity index (χ0) is 8.10. The minimum absolute atomic E-state index is 0.0383. The summed E-state index contributed by atoms with van der Waals surface area (Å²) in [6, 6.07) is 1.67. The molecule has 0 atom stereocenters. The molecule has 1 aromatic rings. The molecule has 0 aliphatic carbocycles. The average Bonchev–Trinajstić information content (AvgIpc) is 2.47. The maximum absolute atomic E-state index is 8.45. The first kappa shape index (κ1) is 7.57. The lowest BCUT2D eigenvalue weighted by Crippen LogP contribution is -2.08. The molecule has 0 radical (unpaired) electrons. The Morgan fingerprint density at radius 2 is 2.64 bits per heavy atom. The average molecular weight is 152 g/mol. The summed E-state index contributed by atoms with van der Waals surface area (Å²) in [4.78, 5) is 0. The van der Waals surface area contributed by atoms with Crippen molar-refractivity contribution in [1.82, 2.24) is 9.78 Å². The number of rotatable bonds is 3. The van der Waals surface area contributed by atoms with Gasteiger partial charge in [0.15, 0.2) is 0 Å². The zero-order valence-electron chi connectivity index (χ0n) is 5.86. The van der Waals surface area contributed by atoms with Crippen molar-refractivity contribution in [1.29, 1.82) is 5.26 Å². The fraction of sp³-hybridized carbons (Fsp3) is 0.333. The van der Waals surface area contributed by atoms with Crippen LogP contribution < -0.4 is 5.32 Å². The van der Waals surface area contributed by atoms with Crippen molar-refractivity contribution in [2.24, 2.45) is 0 Å². The van der Waals surface area contributed by atoms with Crippen LogP contribution in [0.25, 0.3) is 0 Å². The van der Waals surface area contributed by atoms with E-state index in [2.05, 4.69) is 10.4 Å². The largest absolute Gasteiger partial charge is 0.395 e. The molecule has 1 heterocycles. The Morgan fingerprint density at radius 3 is 3.27 bits per heavy atom. The van der Waals surface area contributed by atoms with Crippen LogP contribution in [0.3, 0.4) is 0 Å². The molecule has 0 aliphatic heterocycles. The molecule has 1 rings (SSSR count). The van der Waals surface area contributed by atoms with E-state index in [1.54, 1.807) is 6.07 Å². The third-order valence-corrected chi connectivity index (χ3v) is 1.16. The zero-order valence-corrected chi connectivity index (χ0v) is 5.86. The third kappa shape index (κ3) is 1.69. The molecule has 0 saturated carbocycles. The summed E-state index contributed by atoms with van der Waals surface area (Å²) in [5, 5.41) is 23.4. The van der Waals surface area contributed by atoms with E-state index in [4.69, 9.17) is 10.4 Å². The van der Waals surface area contributed by atoms with Crippen LogP contribution in [-0.4, -0.2) is 28.0 Å². The molecule has 0 spiro atoms. The van der Waals surface area contributed by atoms with Crippen molar-refractivity contribution in [2.75, 3.05) is 18.5 Å². The first-order chi connectivity index (χ1) is 5.38. The smallest absolute Gasteiger partial charge is 0.208 e. The second-order valence-corrected chi connectivity index (χ2v) is 1.88. The van der Waals surface area contributed by atoms with Crippen molar-refractivity contribution >= 4 is 5.82 Å². The van der Waals surface area contributed by atoms with Crippen molar-refractivity contribution in [3.05, 3.63) is 12.3 Å². The van der Waals surface area contributed by atoms with Gasteiger partial charge in [-0.2, -0.15) is 15.0 Å². The van der Waals surface area contributed by atoms with Gasteiger partial charge in [0.25, 0.3) is 0 Å². The van der Waals surface area contributed by atoms with Gasteiger partial charge in [0.2, 0.25) is 6.19 Å². The summed E-state index contributed by atoms with van der Waals surface area (Å²) in [6.45, 7) is 0.462. The molecule has 5 nitrogen and oxygen atoms in total. The highest BCUT2D eigenvalue weighted by atomic mass is 16.3. The lowest BCUT2D eigenvalue weighted by molar-refractivity contribution is 0.311. The van der Waals surface area contributed by atoms with E-state index in [1.165, 1.54) is 6.20 Å². The second kappa shape index (κ2) is 3.58. The molecular formula is C6H8N4O. The number of hydrogen-bond acceptors (Lipinski definition) is 4. The first-order valence-electron chi connectivity index (χ1n) is 3.17. The van der Waals surface area contributed by atoms with Gasteiger partial charge in [0.1, 0.15) is 5.82 Å². The van der Waals surface area contributed by atoms with Crippen LogP contribution in [0, 0.1) is 11.5 Å². The van der Waals surface area contributed by atoms with Crippen LogP contribution in [-0.2, 0) is 0 Å². The van der Waals surface area contributed by atoms with Gasteiger partial charge in [0.05, 0.1) is 12.8 Å². The van der Waals surface area contributed by atoms with Crippen LogP contribution in [0.15, 0.2) is 12.3 Å². The topological polar surface area (TPSA) is 73.9 Å². The van der Waals surface area contributed by atoms with Gasteiger partial charge in [-0.15, -0.1) is 0 Å². The van der Waals surface area contributed by atoms with E-state index in [0.29, 0.717) is 12.4 Å². The Balaban J connectivity index is 2.63. The highest BCUT2D eigenvalue weighted by molar-refractivity contribution is 5.35. The van der Waals surface area contributed by atoms with Gasteiger partial charge in [0, 0.05) is 12.6 Å². The highest BCUT2D eigenvalue weighted by Crippen LogP contribution is 2.02. The molecule has 0 aromatic carbocycles. The van der Waals surface area contributed by atoms with Gasteiger partial charge in [-0.1, -0.05) is 0 Å². The van der Waals surface area contributed by atoms with Crippen LogP contribution in [0.4, 0.5) is 5.82 Å². The normalized spacial score (nSPS) is 9.09. The molecule has 2 N–H and O–H groups in total. The third-order valence-electron chi connectivity index (χ3n) is 1.16.